The fourth-order valence-corrected chi connectivity index (χ4v) is 5.80. The van der Waals surface area contributed by atoms with Crippen molar-refractivity contribution in [3.8, 4) is 5.69 Å². The molecule has 0 unspecified atom stereocenters. The number of benzene rings is 2. The minimum Gasteiger partial charge on any atom is -0.352 e. The van der Waals surface area contributed by atoms with E-state index in [0.29, 0.717) is 18.1 Å². The Morgan fingerprint density at radius 1 is 1.05 bits per heavy atom. The van der Waals surface area contributed by atoms with Gasteiger partial charge in [0.15, 0.2) is 5.11 Å². The largest absolute Gasteiger partial charge is 0.352 e. The summed E-state index contributed by atoms with van der Waals surface area (Å²) in [7, 11) is 0. The van der Waals surface area contributed by atoms with E-state index in [4.69, 9.17) is 12.2 Å². The predicted molar refractivity (Wildman–Crippen MR) is 160 cm³/mol. The molecule has 1 fully saturated rings. The zero-order valence-corrected chi connectivity index (χ0v) is 24.0. The van der Waals surface area contributed by atoms with Gasteiger partial charge in [0.05, 0.1) is 17.8 Å². The van der Waals surface area contributed by atoms with Crippen LogP contribution < -0.4 is 10.6 Å². The number of anilines is 1. The first kappa shape index (κ1) is 26.1. The molecular weight excluding hydrogens is 558 g/mol. The number of aromatic nitrogens is 2. The molecule has 5 rings (SSSR count). The molecule has 2 aromatic carbocycles. The molecule has 194 valence electrons. The first-order chi connectivity index (χ1) is 18.3. The normalized spacial score (nSPS) is 16.9. The number of hydrogen-bond donors (Lipinski definition) is 2. The number of para-hydroxylation sites is 1. The molecule has 1 aliphatic heterocycles. The van der Waals surface area contributed by atoms with Crippen LogP contribution in [0.15, 0.2) is 83.5 Å². The molecule has 0 spiro atoms. The van der Waals surface area contributed by atoms with Crippen molar-refractivity contribution in [3.63, 3.8) is 0 Å². The molecule has 3 heterocycles. The van der Waals surface area contributed by atoms with Crippen LogP contribution in [-0.2, 0) is 4.79 Å². The van der Waals surface area contributed by atoms with Crippen LogP contribution in [0.5, 0.6) is 0 Å². The maximum atomic E-state index is 12.9. The third-order valence-corrected chi connectivity index (χ3v) is 7.95. The zero-order valence-electron chi connectivity index (χ0n) is 21.6. The number of aryl methyl sites for hydroxylation is 2. The molecule has 1 amide bonds. The van der Waals surface area contributed by atoms with Gasteiger partial charge in [-0.1, -0.05) is 40.2 Å². The van der Waals surface area contributed by atoms with Crippen LogP contribution in [-0.4, -0.2) is 32.0 Å². The highest BCUT2D eigenvalue weighted by Crippen LogP contribution is 2.41. The summed E-state index contributed by atoms with van der Waals surface area (Å²) in [6.07, 6.45) is 2.12. The van der Waals surface area contributed by atoms with Gasteiger partial charge in [-0.2, -0.15) is 0 Å². The second kappa shape index (κ2) is 11.1. The summed E-state index contributed by atoms with van der Waals surface area (Å²) in [5.74, 6) is -0.0394. The number of nitrogens with zero attached hydrogens (tertiary/aromatic N) is 3. The minimum absolute atomic E-state index is 0.0394. The number of pyridine rings is 1. The molecule has 38 heavy (non-hydrogen) atoms. The lowest BCUT2D eigenvalue weighted by Crippen LogP contribution is -2.33. The fraction of sp³-hybridized carbons (Fsp3) is 0.233. The van der Waals surface area contributed by atoms with Gasteiger partial charge in [0, 0.05) is 46.4 Å². The number of thiocarbonyl (C=S) groups is 1. The van der Waals surface area contributed by atoms with Gasteiger partial charge in [-0.15, -0.1) is 0 Å². The van der Waals surface area contributed by atoms with Crippen LogP contribution in [0, 0.1) is 20.8 Å². The molecule has 2 atom stereocenters. The smallest absolute Gasteiger partial charge is 0.226 e. The number of hydrogen-bond acceptors (Lipinski definition) is 3. The number of amides is 1. The van der Waals surface area contributed by atoms with Crippen LogP contribution in [0.2, 0.25) is 0 Å². The summed E-state index contributed by atoms with van der Waals surface area (Å²) in [6.45, 7) is 6.74. The Morgan fingerprint density at radius 2 is 1.79 bits per heavy atom. The lowest BCUT2D eigenvalue weighted by Gasteiger charge is -2.28. The van der Waals surface area contributed by atoms with Gasteiger partial charge in [0.2, 0.25) is 5.91 Å². The first-order valence-corrected chi connectivity index (χ1v) is 13.8. The highest BCUT2D eigenvalue weighted by molar-refractivity contribution is 9.10. The van der Waals surface area contributed by atoms with Gasteiger partial charge in [0.1, 0.15) is 0 Å². The summed E-state index contributed by atoms with van der Waals surface area (Å²) in [5.41, 5.74) is 7.31. The number of halogens is 1. The topological polar surface area (TPSA) is 62.2 Å². The van der Waals surface area contributed by atoms with Crippen LogP contribution in [0.4, 0.5) is 5.69 Å². The van der Waals surface area contributed by atoms with E-state index in [9.17, 15) is 4.79 Å². The summed E-state index contributed by atoms with van der Waals surface area (Å²) in [4.78, 5) is 19.7. The standard InChI is InChI=1S/C30H30BrN5OS/c1-19-8-4-5-9-25(19)33-27(37)15-17-35-29(28(34-30(35)38)26-10-6-7-16-32-26)24-18-20(2)36(21(24)3)23-13-11-22(31)12-14-23/h4-14,16,18,28-29H,15,17H2,1-3H3,(H,33,37)(H,34,38)/t28-,29+/m1/s1. The molecule has 4 aromatic rings. The molecule has 0 radical (unpaired) electrons. The van der Waals surface area contributed by atoms with Gasteiger partial charge in [-0.05, 0) is 92.6 Å². The molecule has 2 N–H and O–H groups in total. The minimum atomic E-state index is -0.137. The van der Waals surface area contributed by atoms with E-state index in [2.05, 4.69) is 85.2 Å². The Hall–Kier alpha value is -3.49. The Kier molecular flexibility index (Phi) is 7.63. The van der Waals surface area contributed by atoms with E-state index in [1.807, 2.05) is 49.4 Å². The fourth-order valence-electron chi connectivity index (χ4n) is 5.21. The van der Waals surface area contributed by atoms with E-state index in [-0.39, 0.29) is 18.0 Å². The zero-order chi connectivity index (χ0) is 26.8. The van der Waals surface area contributed by atoms with E-state index < -0.39 is 0 Å². The van der Waals surface area contributed by atoms with Crippen LogP contribution in [0.25, 0.3) is 5.69 Å². The molecule has 8 heteroatoms. The second-order valence-corrected chi connectivity index (χ2v) is 10.9. The van der Waals surface area contributed by atoms with Crippen LogP contribution in [0.1, 0.15) is 46.7 Å². The molecule has 1 saturated heterocycles. The van der Waals surface area contributed by atoms with Gasteiger partial charge >= 0.3 is 0 Å². The third-order valence-electron chi connectivity index (χ3n) is 7.07. The molecule has 6 nitrogen and oxygen atoms in total. The number of nitrogens with one attached hydrogen (secondary N) is 2. The van der Waals surface area contributed by atoms with E-state index >= 15 is 0 Å². The van der Waals surface area contributed by atoms with Crippen molar-refractivity contribution in [2.75, 3.05) is 11.9 Å². The molecule has 0 aliphatic carbocycles. The lowest BCUT2D eigenvalue weighted by molar-refractivity contribution is -0.116. The second-order valence-electron chi connectivity index (χ2n) is 9.57. The number of rotatable bonds is 7. The van der Waals surface area contributed by atoms with Crippen molar-refractivity contribution in [1.29, 1.82) is 0 Å². The maximum Gasteiger partial charge on any atom is 0.226 e. The Labute approximate surface area is 237 Å². The summed E-state index contributed by atoms with van der Waals surface area (Å²) in [5, 5.41) is 7.18. The van der Waals surface area contributed by atoms with Crippen molar-refractivity contribution in [2.24, 2.45) is 0 Å². The Bertz CT molecular complexity index is 1470. The summed E-state index contributed by atoms with van der Waals surface area (Å²) in [6, 6.07) is 24.0. The van der Waals surface area contributed by atoms with E-state index in [0.717, 1.165) is 44.1 Å². The van der Waals surface area contributed by atoms with Crippen LogP contribution >= 0.6 is 28.1 Å². The predicted octanol–water partition coefficient (Wildman–Crippen LogP) is 6.56. The van der Waals surface area contributed by atoms with Crippen molar-refractivity contribution in [1.82, 2.24) is 19.8 Å². The quantitative estimate of drug-likeness (QED) is 0.240. The monoisotopic (exact) mass is 587 g/mol. The third kappa shape index (κ3) is 5.24. The summed E-state index contributed by atoms with van der Waals surface area (Å²) >= 11 is 9.37. The molecule has 0 saturated carbocycles. The SMILES string of the molecule is Cc1ccccc1NC(=O)CCN1C(=S)N[C@H](c2ccccn2)[C@@H]1c1cc(C)n(-c2ccc(Br)cc2)c1C. The highest BCUT2D eigenvalue weighted by Gasteiger charge is 2.41. The number of carbonyl (C=O) groups excluding carboxylic acids is 1. The molecular formula is C30H30BrN5OS. The average Bonchev–Trinajstić information content (AvgIpc) is 3.39. The molecule has 1 aliphatic rings. The van der Waals surface area contributed by atoms with Crippen LogP contribution in [0.3, 0.4) is 0 Å². The van der Waals surface area contributed by atoms with Gasteiger partial charge in [0.25, 0.3) is 0 Å². The van der Waals surface area contributed by atoms with Gasteiger partial charge in [-0.3, -0.25) is 9.78 Å². The van der Waals surface area contributed by atoms with E-state index in [1.54, 1.807) is 6.20 Å². The average molecular weight is 589 g/mol. The van der Waals surface area contributed by atoms with Gasteiger partial charge in [-0.25, -0.2) is 0 Å². The highest BCUT2D eigenvalue weighted by atomic mass is 79.9. The molecule has 0 bridgehead atoms. The maximum absolute atomic E-state index is 12.9. The number of carbonyl (C=O) groups is 1. The van der Waals surface area contributed by atoms with Crippen molar-refractivity contribution >= 4 is 44.9 Å². The Morgan fingerprint density at radius 3 is 2.50 bits per heavy atom. The van der Waals surface area contributed by atoms with E-state index in [1.165, 1.54) is 0 Å². The summed E-state index contributed by atoms with van der Waals surface area (Å²) < 4.78 is 3.31. The Balaban J connectivity index is 1.47. The molecule has 2 aromatic heterocycles. The van der Waals surface area contributed by atoms with Gasteiger partial charge < -0.3 is 20.1 Å². The lowest BCUT2D eigenvalue weighted by atomic mass is 9.96. The van der Waals surface area contributed by atoms with Crippen molar-refractivity contribution in [3.05, 3.63) is 112 Å². The van der Waals surface area contributed by atoms with Crippen molar-refractivity contribution < 1.29 is 4.79 Å². The first-order valence-electron chi connectivity index (χ1n) is 12.6. The van der Waals surface area contributed by atoms with Crippen molar-refractivity contribution in [2.45, 2.75) is 39.3 Å².